The Labute approximate surface area is 117 Å². The van der Waals surface area contributed by atoms with Crippen molar-refractivity contribution in [1.29, 1.82) is 0 Å². The maximum Gasteiger partial charge on any atom is 0.122 e. The van der Waals surface area contributed by atoms with Gasteiger partial charge in [0, 0.05) is 6.04 Å². The van der Waals surface area contributed by atoms with Crippen molar-refractivity contribution in [3.8, 4) is 5.75 Å². The van der Waals surface area contributed by atoms with Crippen molar-refractivity contribution in [1.82, 2.24) is 4.90 Å². The van der Waals surface area contributed by atoms with Crippen LogP contribution >= 0.6 is 0 Å². The Morgan fingerprint density at radius 3 is 2.32 bits per heavy atom. The number of hydrogen-bond donors (Lipinski definition) is 1. The maximum atomic E-state index is 6.34. The second kappa shape index (κ2) is 6.92. The molecule has 1 atom stereocenters. The Balaban J connectivity index is 3.03. The van der Waals surface area contributed by atoms with Gasteiger partial charge in [-0.1, -0.05) is 19.9 Å². The van der Waals surface area contributed by atoms with Gasteiger partial charge in [-0.05, 0) is 62.7 Å². The highest BCUT2D eigenvalue weighted by molar-refractivity contribution is 5.45. The van der Waals surface area contributed by atoms with Crippen LogP contribution in [-0.4, -0.2) is 32.6 Å². The van der Waals surface area contributed by atoms with E-state index in [-0.39, 0.29) is 6.04 Å². The zero-order valence-electron chi connectivity index (χ0n) is 13.2. The van der Waals surface area contributed by atoms with Crippen molar-refractivity contribution in [2.75, 3.05) is 27.7 Å². The van der Waals surface area contributed by atoms with Crippen molar-refractivity contribution in [2.45, 2.75) is 39.2 Å². The molecule has 0 heterocycles. The van der Waals surface area contributed by atoms with E-state index in [1.807, 2.05) is 0 Å². The average molecular weight is 264 g/mol. The second-order valence-corrected chi connectivity index (χ2v) is 5.80. The maximum absolute atomic E-state index is 6.34. The van der Waals surface area contributed by atoms with Gasteiger partial charge in [-0.3, -0.25) is 0 Å². The monoisotopic (exact) mass is 264 g/mol. The zero-order valence-corrected chi connectivity index (χ0v) is 13.2. The quantitative estimate of drug-likeness (QED) is 0.858. The van der Waals surface area contributed by atoms with Gasteiger partial charge in [0.25, 0.3) is 0 Å². The number of hydrogen-bond acceptors (Lipinski definition) is 3. The van der Waals surface area contributed by atoms with Crippen LogP contribution in [0.4, 0.5) is 0 Å². The number of nitrogens with two attached hydrogens (primary N) is 1. The zero-order chi connectivity index (χ0) is 14.6. The molecular formula is C16H28N2O. The molecule has 0 fully saturated rings. The summed E-state index contributed by atoms with van der Waals surface area (Å²) in [6.07, 6.45) is 0.970. The first-order chi connectivity index (χ1) is 8.86. The number of nitrogens with zero attached hydrogens (tertiary/aromatic N) is 1. The largest absolute Gasteiger partial charge is 0.496 e. The van der Waals surface area contributed by atoms with Crippen molar-refractivity contribution in [3.05, 3.63) is 28.8 Å². The fourth-order valence-corrected chi connectivity index (χ4v) is 2.30. The van der Waals surface area contributed by atoms with Crippen LogP contribution in [-0.2, 0) is 0 Å². The summed E-state index contributed by atoms with van der Waals surface area (Å²) in [5.74, 6) is 1.41. The number of ether oxygens (including phenoxy) is 1. The lowest BCUT2D eigenvalue weighted by molar-refractivity contribution is 0.381. The summed E-state index contributed by atoms with van der Waals surface area (Å²) < 4.78 is 5.47. The smallest absolute Gasteiger partial charge is 0.122 e. The molecule has 1 unspecified atom stereocenters. The molecule has 1 aromatic carbocycles. The van der Waals surface area contributed by atoms with Gasteiger partial charge in [0.05, 0.1) is 7.11 Å². The summed E-state index contributed by atoms with van der Waals surface area (Å²) in [6, 6.07) is 4.42. The van der Waals surface area contributed by atoms with Gasteiger partial charge in [0.15, 0.2) is 0 Å². The third-order valence-corrected chi connectivity index (χ3v) is 3.53. The standard InChI is InChI=1S/C16H28N2O/c1-11(2)13-10-14(12(3)9-16(13)19-6)15(17)7-8-18(4)5/h9-11,15H,7-8,17H2,1-6H3. The lowest BCUT2D eigenvalue weighted by Crippen LogP contribution is -2.21. The molecule has 0 aliphatic rings. The van der Waals surface area contributed by atoms with Gasteiger partial charge in [0.1, 0.15) is 5.75 Å². The average Bonchev–Trinajstić information content (AvgIpc) is 2.34. The number of benzene rings is 1. The van der Waals surface area contributed by atoms with E-state index < -0.39 is 0 Å². The summed E-state index contributed by atoms with van der Waals surface area (Å²) in [4.78, 5) is 2.17. The van der Waals surface area contributed by atoms with E-state index in [1.165, 1.54) is 16.7 Å². The predicted molar refractivity (Wildman–Crippen MR) is 81.9 cm³/mol. The SMILES string of the molecule is COc1cc(C)c(C(N)CCN(C)C)cc1C(C)C. The molecule has 3 nitrogen and oxygen atoms in total. The molecular weight excluding hydrogens is 236 g/mol. The minimum Gasteiger partial charge on any atom is -0.496 e. The number of methoxy groups -OCH3 is 1. The van der Waals surface area contributed by atoms with Crippen LogP contribution in [0.5, 0.6) is 5.75 Å². The van der Waals surface area contributed by atoms with Crippen LogP contribution in [0.15, 0.2) is 12.1 Å². The Morgan fingerprint density at radius 1 is 1.21 bits per heavy atom. The van der Waals surface area contributed by atoms with Gasteiger partial charge < -0.3 is 15.4 Å². The fourth-order valence-electron chi connectivity index (χ4n) is 2.30. The molecule has 1 aromatic rings. The molecule has 1 rings (SSSR count). The molecule has 0 bridgehead atoms. The molecule has 0 radical (unpaired) electrons. The molecule has 0 saturated carbocycles. The minimum atomic E-state index is 0.0887. The first-order valence-electron chi connectivity index (χ1n) is 6.95. The van der Waals surface area contributed by atoms with Crippen LogP contribution in [0.1, 0.15) is 48.9 Å². The van der Waals surface area contributed by atoms with Crippen molar-refractivity contribution in [3.63, 3.8) is 0 Å². The van der Waals surface area contributed by atoms with Crippen LogP contribution < -0.4 is 10.5 Å². The van der Waals surface area contributed by atoms with Gasteiger partial charge in [0.2, 0.25) is 0 Å². The van der Waals surface area contributed by atoms with Gasteiger partial charge in [-0.25, -0.2) is 0 Å². The predicted octanol–water partition coefficient (Wildman–Crippen LogP) is 3.08. The normalized spacial score (nSPS) is 13.1. The Hall–Kier alpha value is -1.06. The molecule has 0 aliphatic heterocycles. The van der Waals surface area contributed by atoms with Crippen LogP contribution in [0.2, 0.25) is 0 Å². The van der Waals surface area contributed by atoms with E-state index in [9.17, 15) is 0 Å². The highest BCUT2D eigenvalue weighted by Crippen LogP contribution is 2.32. The van der Waals surface area contributed by atoms with Crippen LogP contribution in [0, 0.1) is 6.92 Å². The fraction of sp³-hybridized carbons (Fsp3) is 0.625. The highest BCUT2D eigenvalue weighted by atomic mass is 16.5. The van der Waals surface area contributed by atoms with Gasteiger partial charge >= 0.3 is 0 Å². The van der Waals surface area contributed by atoms with Crippen molar-refractivity contribution >= 4 is 0 Å². The topological polar surface area (TPSA) is 38.5 Å². The van der Waals surface area contributed by atoms with E-state index >= 15 is 0 Å². The summed E-state index contributed by atoms with van der Waals surface area (Å²) in [7, 11) is 5.88. The molecule has 2 N–H and O–H groups in total. The molecule has 19 heavy (non-hydrogen) atoms. The summed E-state index contributed by atoms with van der Waals surface area (Å²) in [5.41, 5.74) is 10.0. The van der Waals surface area contributed by atoms with Gasteiger partial charge in [-0.2, -0.15) is 0 Å². The summed E-state index contributed by atoms with van der Waals surface area (Å²) in [5, 5.41) is 0. The Kier molecular flexibility index (Phi) is 5.83. The van der Waals surface area contributed by atoms with E-state index in [4.69, 9.17) is 10.5 Å². The van der Waals surface area contributed by atoms with E-state index in [0.717, 1.165) is 18.7 Å². The van der Waals surface area contributed by atoms with Gasteiger partial charge in [-0.15, -0.1) is 0 Å². The molecule has 0 saturated heterocycles. The third kappa shape index (κ3) is 4.22. The molecule has 0 aliphatic carbocycles. The number of aryl methyl sites for hydroxylation is 1. The molecule has 0 amide bonds. The lowest BCUT2D eigenvalue weighted by Gasteiger charge is -2.21. The molecule has 108 valence electrons. The minimum absolute atomic E-state index is 0.0887. The Bertz CT molecular complexity index is 413. The van der Waals surface area contributed by atoms with Crippen molar-refractivity contribution < 1.29 is 4.74 Å². The first-order valence-corrected chi connectivity index (χ1v) is 6.95. The second-order valence-electron chi connectivity index (χ2n) is 5.80. The van der Waals surface area contributed by atoms with Crippen LogP contribution in [0.25, 0.3) is 0 Å². The number of rotatable bonds is 6. The van der Waals surface area contributed by atoms with Crippen LogP contribution in [0.3, 0.4) is 0 Å². The lowest BCUT2D eigenvalue weighted by atomic mass is 9.92. The Morgan fingerprint density at radius 2 is 1.84 bits per heavy atom. The highest BCUT2D eigenvalue weighted by Gasteiger charge is 2.15. The van der Waals surface area contributed by atoms with E-state index in [0.29, 0.717) is 5.92 Å². The summed E-state index contributed by atoms with van der Waals surface area (Å²) in [6.45, 7) is 7.48. The van der Waals surface area contributed by atoms with Crippen molar-refractivity contribution in [2.24, 2.45) is 5.73 Å². The van der Waals surface area contributed by atoms with E-state index in [1.54, 1.807) is 7.11 Å². The molecule has 3 heteroatoms. The molecule has 0 aromatic heterocycles. The first kappa shape index (κ1) is 16.0. The third-order valence-electron chi connectivity index (χ3n) is 3.53. The summed E-state index contributed by atoms with van der Waals surface area (Å²) >= 11 is 0. The molecule has 0 spiro atoms. The van der Waals surface area contributed by atoms with E-state index in [2.05, 4.69) is 51.9 Å².